The largest absolute Gasteiger partial charge is 0.317 e. The summed E-state index contributed by atoms with van der Waals surface area (Å²) in [6.45, 7) is 6.99. The van der Waals surface area contributed by atoms with Crippen LogP contribution in [0.15, 0.2) is 0 Å². The van der Waals surface area contributed by atoms with E-state index >= 15 is 0 Å². The zero-order chi connectivity index (χ0) is 8.65. The molecule has 72 valence electrons. The van der Waals surface area contributed by atoms with E-state index in [4.69, 9.17) is 0 Å². The first kappa shape index (κ1) is 10.0. The first-order chi connectivity index (χ1) is 5.93. The topological polar surface area (TPSA) is 24.1 Å². The molecule has 0 atom stereocenters. The van der Waals surface area contributed by atoms with Gasteiger partial charge in [-0.25, -0.2) is 0 Å². The second-order valence-corrected chi connectivity index (χ2v) is 3.75. The van der Waals surface area contributed by atoms with Crippen LogP contribution in [0.4, 0.5) is 0 Å². The highest BCUT2D eigenvalue weighted by Crippen LogP contribution is 2.27. The summed E-state index contributed by atoms with van der Waals surface area (Å²) >= 11 is 0. The lowest BCUT2D eigenvalue weighted by molar-refractivity contribution is 0.576. The number of rotatable bonds is 8. The van der Waals surface area contributed by atoms with Gasteiger partial charge in [0.2, 0.25) is 0 Å². The van der Waals surface area contributed by atoms with Crippen molar-refractivity contribution in [2.75, 3.05) is 26.2 Å². The Morgan fingerprint density at radius 3 is 2.50 bits per heavy atom. The van der Waals surface area contributed by atoms with E-state index in [1.165, 1.54) is 51.9 Å². The van der Waals surface area contributed by atoms with E-state index in [0.29, 0.717) is 0 Å². The first-order valence-corrected chi connectivity index (χ1v) is 5.35. The third kappa shape index (κ3) is 5.56. The van der Waals surface area contributed by atoms with Crippen molar-refractivity contribution in [3.05, 3.63) is 0 Å². The van der Waals surface area contributed by atoms with E-state index in [2.05, 4.69) is 17.6 Å². The van der Waals surface area contributed by atoms with Gasteiger partial charge >= 0.3 is 0 Å². The molecule has 2 nitrogen and oxygen atoms in total. The fraction of sp³-hybridized carbons (Fsp3) is 1.00. The first-order valence-electron chi connectivity index (χ1n) is 5.35. The molecule has 1 rings (SSSR count). The number of nitrogens with one attached hydrogen (secondary N) is 2. The van der Waals surface area contributed by atoms with Crippen LogP contribution in [0, 0.1) is 5.92 Å². The second kappa shape index (κ2) is 6.44. The predicted molar refractivity (Wildman–Crippen MR) is 53.4 cm³/mol. The summed E-state index contributed by atoms with van der Waals surface area (Å²) in [5.41, 5.74) is 0. The molecule has 2 N–H and O–H groups in total. The molecule has 0 radical (unpaired) electrons. The standard InChI is InChI=1S/C10H22N2/c1-2-6-11-7-3-8-12-9-10-4-5-10/h10-12H,2-9H2,1H3. The summed E-state index contributed by atoms with van der Waals surface area (Å²) in [5, 5.41) is 6.88. The molecule has 0 unspecified atom stereocenters. The lowest BCUT2D eigenvalue weighted by Crippen LogP contribution is -2.23. The van der Waals surface area contributed by atoms with Crippen LogP contribution in [0.25, 0.3) is 0 Å². The maximum Gasteiger partial charge on any atom is -0.00205 e. The zero-order valence-corrected chi connectivity index (χ0v) is 8.23. The zero-order valence-electron chi connectivity index (χ0n) is 8.23. The third-order valence-corrected chi connectivity index (χ3v) is 2.26. The number of hydrogen-bond donors (Lipinski definition) is 2. The van der Waals surface area contributed by atoms with Gasteiger partial charge < -0.3 is 10.6 Å². The average molecular weight is 170 g/mol. The van der Waals surface area contributed by atoms with Gasteiger partial charge in [-0.15, -0.1) is 0 Å². The summed E-state index contributed by atoms with van der Waals surface area (Å²) in [7, 11) is 0. The van der Waals surface area contributed by atoms with Crippen LogP contribution >= 0.6 is 0 Å². The Labute approximate surface area is 76.1 Å². The van der Waals surface area contributed by atoms with Crippen LogP contribution in [0.5, 0.6) is 0 Å². The van der Waals surface area contributed by atoms with Gasteiger partial charge in [-0.2, -0.15) is 0 Å². The van der Waals surface area contributed by atoms with Gasteiger partial charge in [-0.05, 0) is 57.8 Å². The quantitative estimate of drug-likeness (QED) is 0.538. The molecule has 0 spiro atoms. The molecule has 2 heteroatoms. The molecule has 12 heavy (non-hydrogen) atoms. The summed E-state index contributed by atoms with van der Waals surface area (Å²) in [6.07, 6.45) is 5.43. The van der Waals surface area contributed by atoms with E-state index in [1.807, 2.05) is 0 Å². The molecule has 0 amide bonds. The minimum Gasteiger partial charge on any atom is -0.317 e. The maximum absolute atomic E-state index is 3.48. The van der Waals surface area contributed by atoms with Crippen molar-refractivity contribution in [3.63, 3.8) is 0 Å². The maximum atomic E-state index is 3.48. The highest BCUT2D eigenvalue weighted by Gasteiger charge is 2.19. The van der Waals surface area contributed by atoms with Crippen LogP contribution in [-0.2, 0) is 0 Å². The Morgan fingerprint density at radius 1 is 1.08 bits per heavy atom. The van der Waals surface area contributed by atoms with Crippen molar-refractivity contribution in [2.24, 2.45) is 5.92 Å². The predicted octanol–water partition coefficient (Wildman–Crippen LogP) is 1.38. The van der Waals surface area contributed by atoms with Crippen LogP contribution < -0.4 is 10.6 Å². The summed E-state index contributed by atoms with van der Waals surface area (Å²) < 4.78 is 0. The van der Waals surface area contributed by atoms with Crippen molar-refractivity contribution in [1.82, 2.24) is 10.6 Å². The van der Waals surface area contributed by atoms with Gasteiger partial charge in [0.25, 0.3) is 0 Å². The van der Waals surface area contributed by atoms with Crippen LogP contribution in [0.1, 0.15) is 32.6 Å². The molecule has 0 aromatic carbocycles. The lowest BCUT2D eigenvalue weighted by atomic mass is 10.3. The minimum atomic E-state index is 1.02. The molecule has 1 saturated carbocycles. The third-order valence-electron chi connectivity index (χ3n) is 2.26. The van der Waals surface area contributed by atoms with Gasteiger partial charge in [-0.1, -0.05) is 6.92 Å². The molecule has 0 bridgehead atoms. The van der Waals surface area contributed by atoms with Gasteiger partial charge in [-0.3, -0.25) is 0 Å². The Hall–Kier alpha value is -0.0800. The highest BCUT2D eigenvalue weighted by atomic mass is 14.9. The summed E-state index contributed by atoms with van der Waals surface area (Å²) in [5.74, 6) is 1.02. The minimum absolute atomic E-state index is 1.02. The van der Waals surface area contributed by atoms with Gasteiger partial charge in [0, 0.05) is 0 Å². The molecule has 1 aliphatic carbocycles. The molecule has 1 aliphatic rings. The van der Waals surface area contributed by atoms with Crippen molar-refractivity contribution < 1.29 is 0 Å². The van der Waals surface area contributed by atoms with E-state index in [-0.39, 0.29) is 0 Å². The molecule has 0 heterocycles. The van der Waals surface area contributed by atoms with E-state index in [9.17, 15) is 0 Å². The normalized spacial score (nSPS) is 16.8. The molecular weight excluding hydrogens is 148 g/mol. The summed E-state index contributed by atoms with van der Waals surface area (Å²) in [4.78, 5) is 0. The molecule has 0 aromatic rings. The van der Waals surface area contributed by atoms with Crippen molar-refractivity contribution in [2.45, 2.75) is 32.6 Å². The highest BCUT2D eigenvalue weighted by molar-refractivity contribution is 4.74. The molecule has 0 aliphatic heterocycles. The Bertz CT molecular complexity index is 100. The Morgan fingerprint density at radius 2 is 1.83 bits per heavy atom. The fourth-order valence-electron chi connectivity index (χ4n) is 1.27. The van der Waals surface area contributed by atoms with E-state index < -0.39 is 0 Å². The van der Waals surface area contributed by atoms with Crippen molar-refractivity contribution in [3.8, 4) is 0 Å². The molecule has 1 fully saturated rings. The van der Waals surface area contributed by atoms with Crippen LogP contribution in [0.2, 0.25) is 0 Å². The van der Waals surface area contributed by atoms with Gasteiger partial charge in [0.15, 0.2) is 0 Å². The van der Waals surface area contributed by atoms with E-state index in [1.54, 1.807) is 0 Å². The Kier molecular flexibility index (Phi) is 5.37. The smallest absolute Gasteiger partial charge is 0.00205 e. The monoisotopic (exact) mass is 170 g/mol. The van der Waals surface area contributed by atoms with Crippen molar-refractivity contribution >= 4 is 0 Å². The second-order valence-electron chi connectivity index (χ2n) is 3.75. The van der Waals surface area contributed by atoms with Crippen LogP contribution in [-0.4, -0.2) is 26.2 Å². The van der Waals surface area contributed by atoms with E-state index in [0.717, 1.165) is 5.92 Å². The number of hydrogen-bond acceptors (Lipinski definition) is 2. The fourth-order valence-corrected chi connectivity index (χ4v) is 1.27. The Balaban J connectivity index is 1.65. The van der Waals surface area contributed by atoms with Crippen LogP contribution in [0.3, 0.4) is 0 Å². The average Bonchev–Trinajstić information content (AvgIpc) is 2.87. The summed E-state index contributed by atoms with van der Waals surface area (Å²) in [6, 6.07) is 0. The van der Waals surface area contributed by atoms with Gasteiger partial charge in [0.1, 0.15) is 0 Å². The SMILES string of the molecule is CCCNCCCNCC1CC1. The van der Waals surface area contributed by atoms with Gasteiger partial charge in [0.05, 0.1) is 0 Å². The molecule has 0 aromatic heterocycles. The lowest BCUT2D eigenvalue weighted by Gasteiger charge is -2.04. The molecule has 0 saturated heterocycles. The molecular formula is C10H22N2. The van der Waals surface area contributed by atoms with Crippen molar-refractivity contribution in [1.29, 1.82) is 0 Å².